The summed E-state index contributed by atoms with van der Waals surface area (Å²) < 4.78 is 32.7. The van der Waals surface area contributed by atoms with Gasteiger partial charge in [-0.25, -0.2) is 17.7 Å². The van der Waals surface area contributed by atoms with E-state index in [0.717, 1.165) is 24.0 Å². The van der Waals surface area contributed by atoms with Crippen molar-refractivity contribution in [1.82, 2.24) is 24.4 Å². The maximum absolute atomic E-state index is 12.9. The van der Waals surface area contributed by atoms with Crippen LogP contribution in [0.25, 0.3) is 11.5 Å². The van der Waals surface area contributed by atoms with E-state index >= 15 is 0 Å². The van der Waals surface area contributed by atoms with Gasteiger partial charge in [-0.3, -0.25) is 4.98 Å². The first-order valence-electron chi connectivity index (χ1n) is 9.62. The third-order valence-corrected chi connectivity index (χ3v) is 6.89. The van der Waals surface area contributed by atoms with Crippen molar-refractivity contribution in [2.75, 3.05) is 13.1 Å². The molecule has 0 spiro atoms. The van der Waals surface area contributed by atoms with Gasteiger partial charge in [-0.1, -0.05) is 35.0 Å². The van der Waals surface area contributed by atoms with Crippen LogP contribution in [0.1, 0.15) is 29.9 Å². The van der Waals surface area contributed by atoms with E-state index in [1.54, 1.807) is 22.9 Å². The van der Waals surface area contributed by atoms with Crippen LogP contribution in [0.3, 0.4) is 0 Å². The van der Waals surface area contributed by atoms with Gasteiger partial charge in [-0.2, -0.15) is 4.98 Å². The van der Waals surface area contributed by atoms with Crippen molar-refractivity contribution in [3.05, 3.63) is 59.9 Å². The van der Waals surface area contributed by atoms with Gasteiger partial charge in [0.15, 0.2) is 0 Å². The molecule has 0 amide bonds. The maximum atomic E-state index is 12.9. The quantitative estimate of drug-likeness (QED) is 0.612. The van der Waals surface area contributed by atoms with Gasteiger partial charge in [-0.05, 0) is 31.2 Å². The summed E-state index contributed by atoms with van der Waals surface area (Å²) in [7, 11) is -3.36. The topological polar surface area (TPSA) is 102 Å². The van der Waals surface area contributed by atoms with Crippen LogP contribution in [0, 0.1) is 12.8 Å². The van der Waals surface area contributed by atoms with Crippen molar-refractivity contribution in [1.29, 1.82) is 0 Å². The standard InChI is InChI=1S/C20H23N5O3S/c1-15-4-6-16(7-5-15)14-29(26,27)25-10-2-3-17(13-25)11-19-23-20(24-28-19)18-12-21-8-9-22-18/h4-9,12,17H,2-3,10-11,13-14H2,1H3. The summed E-state index contributed by atoms with van der Waals surface area (Å²) in [6.07, 6.45) is 7.03. The lowest BCUT2D eigenvalue weighted by Gasteiger charge is -2.31. The average molecular weight is 414 g/mol. The Kier molecular flexibility index (Phi) is 5.68. The van der Waals surface area contributed by atoms with Crippen LogP contribution in [-0.4, -0.2) is 45.9 Å². The molecule has 0 radical (unpaired) electrons. The van der Waals surface area contributed by atoms with Crippen LogP contribution >= 0.6 is 0 Å². The molecule has 0 aliphatic carbocycles. The second kappa shape index (κ2) is 8.38. The van der Waals surface area contributed by atoms with Crippen LogP contribution in [-0.2, 0) is 22.2 Å². The minimum Gasteiger partial charge on any atom is -0.339 e. The second-order valence-electron chi connectivity index (χ2n) is 7.41. The number of sulfonamides is 1. The van der Waals surface area contributed by atoms with Gasteiger partial charge >= 0.3 is 0 Å². The normalized spacial score (nSPS) is 18.0. The highest BCUT2D eigenvalue weighted by atomic mass is 32.2. The van der Waals surface area contributed by atoms with Gasteiger partial charge in [0.1, 0.15) is 5.69 Å². The Balaban J connectivity index is 1.40. The monoisotopic (exact) mass is 413 g/mol. The molecule has 0 N–H and O–H groups in total. The number of nitrogens with zero attached hydrogens (tertiary/aromatic N) is 5. The Bertz CT molecular complexity index is 1050. The average Bonchev–Trinajstić information content (AvgIpc) is 3.19. The van der Waals surface area contributed by atoms with Crippen molar-refractivity contribution in [2.24, 2.45) is 5.92 Å². The third-order valence-electron chi connectivity index (χ3n) is 5.07. The third kappa shape index (κ3) is 4.86. The fourth-order valence-corrected chi connectivity index (χ4v) is 5.18. The van der Waals surface area contributed by atoms with E-state index in [-0.39, 0.29) is 11.7 Å². The molecule has 152 valence electrons. The molecule has 29 heavy (non-hydrogen) atoms. The van der Waals surface area contributed by atoms with Gasteiger partial charge in [0, 0.05) is 31.9 Å². The first-order chi connectivity index (χ1) is 14.0. The summed E-state index contributed by atoms with van der Waals surface area (Å²) >= 11 is 0. The first-order valence-corrected chi connectivity index (χ1v) is 11.2. The molecule has 3 heterocycles. The van der Waals surface area contributed by atoms with Crippen LogP contribution in [0.15, 0.2) is 47.4 Å². The number of aromatic nitrogens is 4. The van der Waals surface area contributed by atoms with Gasteiger partial charge in [0.05, 0.1) is 11.9 Å². The van der Waals surface area contributed by atoms with Gasteiger partial charge < -0.3 is 4.52 Å². The highest BCUT2D eigenvalue weighted by molar-refractivity contribution is 7.88. The van der Waals surface area contributed by atoms with E-state index in [4.69, 9.17) is 4.52 Å². The summed E-state index contributed by atoms with van der Waals surface area (Å²) in [5, 5.41) is 3.96. The summed E-state index contributed by atoms with van der Waals surface area (Å²) in [6, 6.07) is 7.63. The van der Waals surface area contributed by atoms with E-state index < -0.39 is 10.0 Å². The number of rotatable bonds is 6. The molecule has 1 aromatic carbocycles. The van der Waals surface area contributed by atoms with Crippen molar-refractivity contribution in [3.63, 3.8) is 0 Å². The molecule has 9 heteroatoms. The Morgan fingerprint density at radius 1 is 1.21 bits per heavy atom. The molecule has 8 nitrogen and oxygen atoms in total. The summed E-state index contributed by atoms with van der Waals surface area (Å²) in [6.45, 7) is 3.01. The molecule has 2 aromatic heterocycles. The molecule has 1 unspecified atom stereocenters. The molecule has 4 rings (SSSR count). The Hall–Kier alpha value is -2.65. The van der Waals surface area contributed by atoms with E-state index in [9.17, 15) is 8.42 Å². The molecule has 1 aliphatic heterocycles. The minimum atomic E-state index is -3.36. The number of hydrogen-bond acceptors (Lipinski definition) is 7. The van der Waals surface area contributed by atoms with Crippen molar-refractivity contribution in [2.45, 2.75) is 31.9 Å². The Morgan fingerprint density at radius 2 is 2.03 bits per heavy atom. The molecule has 1 aliphatic rings. The SMILES string of the molecule is Cc1ccc(CS(=O)(=O)N2CCCC(Cc3nc(-c4cnccn4)no3)C2)cc1. The van der Waals surface area contributed by atoms with Crippen LogP contribution in [0.2, 0.25) is 0 Å². The predicted molar refractivity (Wildman–Crippen MR) is 107 cm³/mol. The Labute approximate surface area is 170 Å². The lowest BCUT2D eigenvalue weighted by atomic mass is 9.96. The molecule has 3 aromatic rings. The second-order valence-corrected chi connectivity index (χ2v) is 9.38. The van der Waals surface area contributed by atoms with Gasteiger partial charge in [0.2, 0.25) is 21.7 Å². The fourth-order valence-electron chi connectivity index (χ4n) is 3.54. The first kappa shape index (κ1) is 19.7. The number of hydrogen-bond donors (Lipinski definition) is 0. The summed E-state index contributed by atoms with van der Waals surface area (Å²) in [4.78, 5) is 12.6. The van der Waals surface area contributed by atoms with E-state index in [0.29, 0.717) is 36.9 Å². The highest BCUT2D eigenvalue weighted by Gasteiger charge is 2.30. The summed E-state index contributed by atoms with van der Waals surface area (Å²) in [5.41, 5.74) is 2.47. The van der Waals surface area contributed by atoms with Crippen molar-refractivity contribution < 1.29 is 12.9 Å². The van der Waals surface area contributed by atoms with Gasteiger partial charge in [-0.15, -0.1) is 0 Å². The zero-order valence-corrected chi connectivity index (χ0v) is 17.0. The minimum absolute atomic E-state index is 0.0252. The maximum Gasteiger partial charge on any atom is 0.227 e. The summed E-state index contributed by atoms with van der Waals surface area (Å²) in [5.74, 6) is 1.06. The van der Waals surface area contributed by atoms with E-state index in [1.165, 1.54) is 0 Å². The number of aryl methyl sites for hydroxylation is 1. The van der Waals surface area contributed by atoms with Crippen molar-refractivity contribution in [3.8, 4) is 11.5 Å². The molecule has 0 bridgehead atoms. The fraction of sp³-hybridized carbons (Fsp3) is 0.400. The van der Waals surface area contributed by atoms with E-state index in [2.05, 4.69) is 20.1 Å². The molecule has 0 saturated carbocycles. The lowest BCUT2D eigenvalue weighted by Crippen LogP contribution is -2.41. The number of piperidine rings is 1. The van der Waals surface area contributed by atoms with Crippen LogP contribution < -0.4 is 0 Å². The Morgan fingerprint density at radius 3 is 2.79 bits per heavy atom. The zero-order chi connectivity index (χ0) is 20.3. The largest absolute Gasteiger partial charge is 0.339 e. The van der Waals surface area contributed by atoms with E-state index in [1.807, 2.05) is 31.2 Å². The molecule has 1 saturated heterocycles. The predicted octanol–water partition coefficient (Wildman–Crippen LogP) is 2.62. The molecule has 1 fully saturated rings. The molecule has 1 atom stereocenters. The molecular weight excluding hydrogens is 390 g/mol. The van der Waals surface area contributed by atoms with Crippen molar-refractivity contribution >= 4 is 10.0 Å². The smallest absolute Gasteiger partial charge is 0.227 e. The molecular formula is C20H23N5O3S. The lowest BCUT2D eigenvalue weighted by molar-refractivity contribution is 0.247. The highest BCUT2D eigenvalue weighted by Crippen LogP contribution is 2.24. The van der Waals surface area contributed by atoms with Crippen LogP contribution in [0.5, 0.6) is 0 Å². The van der Waals surface area contributed by atoms with Crippen LogP contribution in [0.4, 0.5) is 0 Å². The van der Waals surface area contributed by atoms with Gasteiger partial charge in [0.25, 0.3) is 0 Å². The number of benzene rings is 1. The zero-order valence-electron chi connectivity index (χ0n) is 16.2.